The van der Waals surface area contributed by atoms with E-state index in [1.54, 1.807) is 24.3 Å². The van der Waals surface area contributed by atoms with Crippen LogP contribution in [0.1, 0.15) is 19.4 Å². The number of amides is 1. The molecule has 0 fully saturated rings. The second-order valence-corrected chi connectivity index (χ2v) is 7.78. The van der Waals surface area contributed by atoms with Crippen molar-refractivity contribution in [3.05, 3.63) is 34.9 Å². The van der Waals surface area contributed by atoms with Crippen molar-refractivity contribution in [2.45, 2.75) is 26.3 Å². The summed E-state index contributed by atoms with van der Waals surface area (Å²) in [5, 5.41) is 12.1. The highest BCUT2D eigenvalue weighted by Gasteiger charge is 2.31. The zero-order valence-corrected chi connectivity index (χ0v) is 15.1. The largest absolute Gasteiger partial charge is 0.480 e. The fourth-order valence-corrected chi connectivity index (χ4v) is 3.98. The number of aliphatic carboxylic acids is 1. The molecule has 0 aliphatic carbocycles. The lowest BCUT2D eigenvalue weighted by Crippen LogP contribution is -2.47. The average Bonchev–Trinajstić information content (AvgIpc) is 2.48. The van der Waals surface area contributed by atoms with E-state index in [9.17, 15) is 18.0 Å². The number of sulfonamides is 1. The van der Waals surface area contributed by atoms with Crippen molar-refractivity contribution in [2.75, 3.05) is 18.8 Å². The van der Waals surface area contributed by atoms with Crippen LogP contribution < -0.4 is 5.32 Å². The molecule has 1 unspecified atom stereocenters. The van der Waals surface area contributed by atoms with E-state index in [4.69, 9.17) is 16.7 Å². The Balaban J connectivity index is 2.84. The van der Waals surface area contributed by atoms with Crippen LogP contribution in [0.5, 0.6) is 0 Å². The maximum absolute atomic E-state index is 12.5. The Bertz CT molecular complexity index is 693. The van der Waals surface area contributed by atoms with Gasteiger partial charge in [0, 0.05) is 25.0 Å². The van der Waals surface area contributed by atoms with Gasteiger partial charge < -0.3 is 10.4 Å². The van der Waals surface area contributed by atoms with Gasteiger partial charge in [-0.3, -0.25) is 9.59 Å². The number of carboxylic acids is 1. The fraction of sp³-hybridized carbons (Fsp3) is 0.467. The van der Waals surface area contributed by atoms with Crippen molar-refractivity contribution in [1.29, 1.82) is 0 Å². The molecular formula is C15H21ClN2O5S. The highest BCUT2D eigenvalue weighted by molar-refractivity contribution is 7.89. The fourth-order valence-electron chi connectivity index (χ4n) is 2.10. The van der Waals surface area contributed by atoms with E-state index < -0.39 is 22.0 Å². The van der Waals surface area contributed by atoms with Crippen LogP contribution in [0.3, 0.4) is 0 Å². The van der Waals surface area contributed by atoms with Gasteiger partial charge in [0.25, 0.3) is 0 Å². The standard InChI is InChI=1S/C15H21ClN2O5S/c1-11(15(20)21)18(8-7-17-12(2)19)24(22,23)9-6-13-4-3-5-14(16)10-13/h3-5,10-11H,6-9H2,1-2H3,(H,17,19)(H,20,21). The van der Waals surface area contributed by atoms with Crippen molar-refractivity contribution < 1.29 is 23.1 Å². The summed E-state index contributed by atoms with van der Waals surface area (Å²) in [4.78, 5) is 22.1. The molecule has 0 aliphatic heterocycles. The molecular weight excluding hydrogens is 356 g/mol. The highest BCUT2D eigenvalue weighted by Crippen LogP contribution is 2.14. The van der Waals surface area contributed by atoms with Crippen LogP contribution in [0, 0.1) is 0 Å². The van der Waals surface area contributed by atoms with Crippen molar-refractivity contribution in [1.82, 2.24) is 9.62 Å². The highest BCUT2D eigenvalue weighted by atomic mass is 35.5. The number of rotatable bonds is 9. The van der Waals surface area contributed by atoms with Crippen molar-refractivity contribution in [2.24, 2.45) is 0 Å². The molecule has 9 heteroatoms. The Labute approximate surface area is 146 Å². The second kappa shape index (κ2) is 9.00. The van der Waals surface area contributed by atoms with Gasteiger partial charge in [0.1, 0.15) is 6.04 Å². The number of carbonyl (C=O) groups is 2. The van der Waals surface area contributed by atoms with Gasteiger partial charge in [-0.05, 0) is 31.0 Å². The first kappa shape index (κ1) is 20.4. The van der Waals surface area contributed by atoms with E-state index >= 15 is 0 Å². The van der Waals surface area contributed by atoms with Crippen molar-refractivity contribution in [3.63, 3.8) is 0 Å². The average molecular weight is 377 g/mol. The summed E-state index contributed by atoms with van der Waals surface area (Å²) in [6, 6.07) is 5.61. The topological polar surface area (TPSA) is 104 Å². The summed E-state index contributed by atoms with van der Waals surface area (Å²) >= 11 is 5.87. The maximum atomic E-state index is 12.5. The van der Waals surface area contributed by atoms with E-state index in [-0.39, 0.29) is 31.2 Å². The number of benzene rings is 1. The van der Waals surface area contributed by atoms with Crippen molar-refractivity contribution in [3.8, 4) is 0 Å². The number of carboxylic acid groups (broad SMARTS) is 1. The van der Waals surface area contributed by atoms with Crippen LogP contribution in [0.25, 0.3) is 0 Å². The van der Waals surface area contributed by atoms with Gasteiger partial charge in [-0.15, -0.1) is 0 Å². The van der Waals surface area contributed by atoms with Crippen LogP contribution >= 0.6 is 11.6 Å². The van der Waals surface area contributed by atoms with Gasteiger partial charge in [0.2, 0.25) is 15.9 Å². The lowest BCUT2D eigenvalue weighted by Gasteiger charge is -2.25. The molecule has 0 spiro atoms. The Kier molecular flexibility index (Phi) is 7.65. The molecule has 1 aromatic carbocycles. The first-order chi connectivity index (χ1) is 11.1. The molecule has 134 valence electrons. The molecule has 2 N–H and O–H groups in total. The first-order valence-electron chi connectivity index (χ1n) is 7.34. The Morgan fingerprint density at radius 1 is 1.38 bits per heavy atom. The molecule has 1 rings (SSSR count). The molecule has 0 aromatic heterocycles. The molecule has 0 bridgehead atoms. The summed E-state index contributed by atoms with van der Waals surface area (Å²) in [7, 11) is -3.82. The number of halogens is 1. The Hall–Kier alpha value is -1.64. The van der Waals surface area contributed by atoms with E-state index in [0.717, 1.165) is 9.87 Å². The van der Waals surface area contributed by atoms with Gasteiger partial charge in [0.15, 0.2) is 0 Å². The summed E-state index contributed by atoms with van der Waals surface area (Å²) in [6.07, 6.45) is 0.214. The summed E-state index contributed by atoms with van der Waals surface area (Å²) in [5.41, 5.74) is 0.746. The van der Waals surface area contributed by atoms with Crippen LogP contribution in [-0.2, 0) is 26.0 Å². The van der Waals surface area contributed by atoms with E-state index in [1.807, 2.05) is 0 Å². The minimum absolute atomic E-state index is 0.0450. The molecule has 0 radical (unpaired) electrons. The quantitative estimate of drug-likeness (QED) is 0.672. The number of carbonyl (C=O) groups excluding carboxylic acids is 1. The monoisotopic (exact) mass is 376 g/mol. The summed E-state index contributed by atoms with van der Waals surface area (Å²) in [6.45, 7) is 2.54. The van der Waals surface area contributed by atoms with Crippen LogP contribution in [-0.4, -0.2) is 54.6 Å². The zero-order valence-electron chi connectivity index (χ0n) is 13.5. The molecule has 1 aromatic rings. The van der Waals surface area contributed by atoms with Crippen LogP contribution in [0.4, 0.5) is 0 Å². The predicted molar refractivity (Wildman–Crippen MR) is 91.4 cm³/mol. The predicted octanol–water partition coefficient (Wildman–Crippen LogP) is 1.12. The summed E-state index contributed by atoms with van der Waals surface area (Å²) < 4.78 is 26.0. The molecule has 0 saturated heterocycles. The van der Waals surface area contributed by atoms with Crippen molar-refractivity contribution >= 4 is 33.5 Å². The van der Waals surface area contributed by atoms with Gasteiger partial charge in [-0.2, -0.15) is 4.31 Å². The van der Waals surface area contributed by atoms with Gasteiger partial charge in [0.05, 0.1) is 5.75 Å². The lowest BCUT2D eigenvalue weighted by molar-refractivity contribution is -0.140. The van der Waals surface area contributed by atoms with E-state index in [2.05, 4.69) is 5.32 Å². The third-order valence-corrected chi connectivity index (χ3v) is 5.56. The van der Waals surface area contributed by atoms with Gasteiger partial charge >= 0.3 is 5.97 Å². The smallest absolute Gasteiger partial charge is 0.321 e. The minimum atomic E-state index is -3.82. The molecule has 0 heterocycles. The number of hydrogen-bond donors (Lipinski definition) is 2. The SMILES string of the molecule is CC(=O)NCCN(C(C)C(=O)O)S(=O)(=O)CCc1cccc(Cl)c1. The minimum Gasteiger partial charge on any atom is -0.480 e. The molecule has 7 nitrogen and oxygen atoms in total. The van der Waals surface area contributed by atoms with E-state index in [1.165, 1.54) is 13.8 Å². The number of aryl methyl sites for hydroxylation is 1. The first-order valence-corrected chi connectivity index (χ1v) is 9.33. The Morgan fingerprint density at radius 3 is 2.58 bits per heavy atom. The molecule has 1 amide bonds. The second-order valence-electron chi connectivity index (χ2n) is 5.30. The maximum Gasteiger partial charge on any atom is 0.321 e. The Morgan fingerprint density at radius 2 is 2.04 bits per heavy atom. The third-order valence-electron chi connectivity index (χ3n) is 3.39. The zero-order chi connectivity index (χ0) is 18.3. The van der Waals surface area contributed by atoms with Crippen LogP contribution in [0.2, 0.25) is 5.02 Å². The van der Waals surface area contributed by atoms with Gasteiger partial charge in [-0.25, -0.2) is 8.42 Å². The molecule has 0 saturated carbocycles. The molecule has 24 heavy (non-hydrogen) atoms. The van der Waals surface area contributed by atoms with Gasteiger partial charge in [-0.1, -0.05) is 23.7 Å². The summed E-state index contributed by atoms with van der Waals surface area (Å²) in [5.74, 6) is -1.80. The third kappa shape index (κ3) is 6.46. The molecule has 1 atom stereocenters. The number of nitrogens with zero attached hydrogens (tertiary/aromatic N) is 1. The number of nitrogens with one attached hydrogen (secondary N) is 1. The lowest BCUT2D eigenvalue weighted by atomic mass is 10.2. The molecule has 0 aliphatic rings. The van der Waals surface area contributed by atoms with Crippen LogP contribution in [0.15, 0.2) is 24.3 Å². The van der Waals surface area contributed by atoms with E-state index in [0.29, 0.717) is 5.02 Å². The normalized spacial score (nSPS) is 12.8. The number of hydrogen-bond acceptors (Lipinski definition) is 4.